The second-order valence-electron chi connectivity index (χ2n) is 5.22. The van der Waals surface area contributed by atoms with E-state index in [1.165, 1.54) is 12.1 Å². The Morgan fingerprint density at radius 1 is 1.24 bits per heavy atom. The number of esters is 1. The van der Waals surface area contributed by atoms with Gasteiger partial charge in [-0.3, -0.25) is 15.1 Å². The third-order valence-corrected chi connectivity index (χ3v) is 3.60. The number of carbonyl (C=O) groups excluding carboxylic acids is 1. The molecule has 0 aliphatic carbocycles. The molecular weight excluding hydrogens is 322 g/mol. The first-order chi connectivity index (χ1) is 12.1. The van der Waals surface area contributed by atoms with Gasteiger partial charge in [0.05, 0.1) is 11.5 Å². The number of hydrogen-bond acceptors (Lipinski definition) is 5. The van der Waals surface area contributed by atoms with Crippen molar-refractivity contribution in [2.24, 2.45) is 4.99 Å². The molecule has 0 unspecified atom stereocenters. The quantitative estimate of drug-likeness (QED) is 0.329. The second kappa shape index (κ2) is 6.96. The van der Waals surface area contributed by atoms with E-state index >= 15 is 0 Å². The van der Waals surface area contributed by atoms with Gasteiger partial charge in [0, 0.05) is 29.3 Å². The fourth-order valence-corrected chi connectivity index (χ4v) is 2.43. The molecule has 0 radical (unpaired) electrons. The Balaban J connectivity index is 2.00. The van der Waals surface area contributed by atoms with Gasteiger partial charge in [0.1, 0.15) is 5.69 Å². The largest absolute Gasteiger partial charge is 0.461 e. The molecule has 1 heterocycles. The summed E-state index contributed by atoms with van der Waals surface area (Å²) in [6.45, 7) is 2.00. The standard InChI is InChI=1S/C18H15N3O4/c1-2-25-18(22)17-16(14-5-3-4-6-15(14)20-17)19-11-12-7-9-13(10-8-12)21(23)24/h3-11,20H,2H2,1H3. The lowest BCUT2D eigenvalue weighted by atomic mass is 10.2. The van der Waals surface area contributed by atoms with Crippen LogP contribution < -0.4 is 0 Å². The minimum absolute atomic E-state index is 0.0106. The molecule has 0 spiro atoms. The Labute approximate surface area is 143 Å². The minimum Gasteiger partial charge on any atom is -0.461 e. The number of H-pyrrole nitrogens is 1. The number of aliphatic imine (C=N–C) groups is 1. The summed E-state index contributed by atoms with van der Waals surface area (Å²) in [5.74, 6) is -0.477. The first-order valence-corrected chi connectivity index (χ1v) is 7.66. The van der Waals surface area contributed by atoms with Crippen molar-refractivity contribution in [2.75, 3.05) is 6.61 Å². The van der Waals surface area contributed by atoms with Crippen LogP contribution >= 0.6 is 0 Å². The van der Waals surface area contributed by atoms with Gasteiger partial charge >= 0.3 is 5.97 Å². The van der Waals surface area contributed by atoms with Crippen molar-refractivity contribution in [3.05, 3.63) is 69.9 Å². The average molecular weight is 337 g/mol. The van der Waals surface area contributed by atoms with Gasteiger partial charge in [0.15, 0.2) is 5.69 Å². The van der Waals surface area contributed by atoms with E-state index in [1.54, 1.807) is 25.3 Å². The molecule has 7 nitrogen and oxygen atoms in total. The number of fused-ring (bicyclic) bond motifs is 1. The van der Waals surface area contributed by atoms with Gasteiger partial charge in [-0.15, -0.1) is 0 Å². The Hall–Kier alpha value is -3.48. The predicted octanol–water partition coefficient (Wildman–Crippen LogP) is 4.00. The van der Waals surface area contributed by atoms with Crippen molar-refractivity contribution < 1.29 is 14.5 Å². The number of benzene rings is 2. The van der Waals surface area contributed by atoms with Crippen LogP contribution in [0.15, 0.2) is 53.5 Å². The van der Waals surface area contributed by atoms with E-state index in [2.05, 4.69) is 9.98 Å². The average Bonchev–Trinajstić information content (AvgIpc) is 2.99. The van der Waals surface area contributed by atoms with Crippen LogP contribution in [0.25, 0.3) is 10.9 Å². The highest BCUT2D eigenvalue weighted by Crippen LogP contribution is 2.31. The molecule has 0 saturated heterocycles. The van der Waals surface area contributed by atoms with Crippen molar-refractivity contribution in [1.82, 2.24) is 4.98 Å². The normalized spacial score (nSPS) is 11.1. The highest BCUT2D eigenvalue weighted by Gasteiger charge is 2.18. The van der Waals surface area contributed by atoms with Gasteiger partial charge < -0.3 is 9.72 Å². The van der Waals surface area contributed by atoms with Gasteiger partial charge in [-0.25, -0.2) is 4.79 Å². The lowest BCUT2D eigenvalue weighted by Gasteiger charge is -2.00. The van der Waals surface area contributed by atoms with Crippen LogP contribution in [0, 0.1) is 10.1 Å². The summed E-state index contributed by atoms with van der Waals surface area (Å²) in [6, 6.07) is 13.4. The van der Waals surface area contributed by atoms with Crippen LogP contribution in [0.5, 0.6) is 0 Å². The number of para-hydroxylation sites is 1. The second-order valence-corrected chi connectivity index (χ2v) is 5.22. The summed E-state index contributed by atoms with van der Waals surface area (Å²) in [7, 11) is 0. The number of carbonyl (C=O) groups is 1. The number of aromatic nitrogens is 1. The summed E-state index contributed by atoms with van der Waals surface area (Å²) in [4.78, 5) is 29.9. The molecule has 0 saturated carbocycles. The number of nitrogens with one attached hydrogen (secondary N) is 1. The maximum atomic E-state index is 12.2. The van der Waals surface area contributed by atoms with E-state index in [-0.39, 0.29) is 18.0 Å². The van der Waals surface area contributed by atoms with Crippen molar-refractivity contribution in [3.63, 3.8) is 0 Å². The number of non-ortho nitro benzene ring substituents is 1. The zero-order chi connectivity index (χ0) is 17.8. The van der Waals surface area contributed by atoms with Crippen molar-refractivity contribution in [3.8, 4) is 0 Å². The SMILES string of the molecule is CCOC(=O)c1[nH]c2ccccc2c1N=Cc1ccc([N+](=O)[O-])cc1. The Kier molecular flexibility index (Phi) is 4.56. The number of ether oxygens (including phenoxy) is 1. The molecular formula is C18H15N3O4. The molecule has 0 aliphatic rings. The number of nitro groups is 1. The number of nitrogens with zero attached hydrogens (tertiary/aromatic N) is 2. The highest BCUT2D eigenvalue weighted by molar-refractivity contribution is 6.06. The Bertz CT molecular complexity index is 958. The number of rotatable bonds is 5. The molecule has 7 heteroatoms. The molecule has 0 atom stereocenters. The van der Waals surface area contributed by atoms with Crippen LogP contribution in [-0.2, 0) is 4.74 Å². The fourth-order valence-electron chi connectivity index (χ4n) is 2.43. The molecule has 126 valence electrons. The fraction of sp³-hybridized carbons (Fsp3) is 0.111. The molecule has 1 N–H and O–H groups in total. The van der Waals surface area contributed by atoms with E-state index in [0.29, 0.717) is 11.3 Å². The maximum Gasteiger partial charge on any atom is 0.357 e. The van der Waals surface area contributed by atoms with Gasteiger partial charge in [0.25, 0.3) is 5.69 Å². The van der Waals surface area contributed by atoms with Gasteiger partial charge in [-0.05, 0) is 30.7 Å². The summed E-state index contributed by atoms with van der Waals surface area (Å²) >= 11 is 0. The van der Waals surface area contributed by atoms with Crippen molar-refractivity contribution >= 4 is 34.5 Å². The Morgan fingerprint density at radius 3 is 2.64 bits per heavy atom. The van der Waals surface area contributed by atoms with Crippen molar-refractivity contribution in [1.29, 1.82) is 0 Å². The lowest BCUT2D eigenvalue weighted by Crippen LogP contribution is -2.05. The third kappa shape index (κ3) is 3.40. The van der Waals surface area contributed by atoms with E-state index in [4.69, 9.17) is 4.74 Å². The molecule has 2 aromatic carbocycles. The molecule has 25 heavy (non-hydrogen) atoms. The first kappa shape index (κ1) is 16.4. The van der Waals surface area contributed by atoms with Crippen LogP contribution in [0.3, 0.4) is 0 Å². The topological polar surface area (TPSA) is 97.6 Å². The molecule has 3 aromatic rings. The molecule has 0 amide bonds. The smallest absolute Gasteiger partial charge is 0.357 e. The summed E-state index contributed by atoms with van der Waals surface area (Å²) in [5, 5.41) is 11.5. The van der Waals surface area contributed by atoms with E-state index in [9.17, 15) is 14.9 Å². The van der Waals surface area contributed by atoms with E-state index in [0.717, 1.165) is 10.9 Å². The van der Waals surface area contributed by atoms with E-state index < -0.39 is 10.9 Å². The van der Waals surface area contributed by atoms with Crippen LogP contribution in [-0.4, -0.2) is 28.7 Å². The molecule has 0 fully saturated rings. The Morgan fingerprint density at radius 2 is 1.96 bits per heavy atom. The van der Waals surface area contributed by atoms with Crippen LogP contribution in [0.1, 0.15) is 23.0 Å². The van der Waals surface area contributed by atoms with Crippen molar-refractivity contribution in [2.45, 2.75) is 6.92 Å². The van der Waals surface area contributed by atoms with E-state index in [1.807, 2.05) is 24.3 Å². The summed E-state index contributed by atoms with van der Waals surface area (Å²) in [6.07, 6.45) is 1.56. The molecule has 0 bridgehead atoms. The highest BCUT2D eigenvalue weighted by atomic mass is 16.6. The predicted molar refractivity (Wildman–Crippen MR) is 94.6 cm³/mol. The zero-order valence-corrected chi connectivity index (χ0v) is 13.4. The number of aromatic amines is 1. The minimum atomic E-state index is -0.477. The zero-order valence-electron chi connectivity index (χ0n) is 13.4. The third-order valence-electron chi connectivity index (χ3n) is 3.60. The van der Waals surface area contributed by atoms with Gasteiger partial charge in [-0.1, -0.05) is 18.2 Å². The van der Waals surface area contributed by atoms with Gasteiger partial charge in [-0.2, -0.15) is 0 Å². The maximum absolute atomic E-state index is 12.2. The van der Waals surface area contributed by atoms with Crippen LogP contribution in [0.2, 0.25) is 0 Å². The molecule has 0 aliphatic heterocycles. The molecule has 1 aromatic heterocycles. The summed E-state index contributed by atoms with van der Waals surface area (Å²) < 4.78 is 5.07. The number of hydrogen-bond donors (Lipinski definition) is 1. The lowest BCUT2D eigenvalue weighted by molar-refractivity contribution is -0.384. The monoisotopic (exact) mass is 337 g/mol. The van der Waals surface area contributed by atoms with Crippen LogP contribution in [0.4, 0.5) is 11.4 Å². The first-order valence-electron chi connectivity index (χ1n) is 7.66. The summed E-state index contributed by atoms with van der Waals surface area (Å²) in [5.41, 5.74) is 2.23. The van der Waals surface area contributed by atoms with Gasteiger partial charge in [0.2, 0.25) is 0 Å². The molecule has 3 rings (SSSR count). The number of nitro benzene ring substituents is 1.